The Morgan fingerprint density at radius 3 is 2.50 bits per heavy atom. The molecule has 0 saturated carbocycles. The summed E-state index contributed by atoms with van der Waals surface area (Å²) in [4.78, 5) is 24.8. The number of nitrogens with zero attached hydrogens (tertiary/aromatic N) is 1. The van der Waals surface area contributed by atoms with E-state index in [2.05, 4.69) is 40.3 Å². The van der Waals surface area contributed by atoms with Gasteiger partial charge in [0.15, 0.2) is 6.61 Å². The van der Waals surface area contributed by atoms with Crippen molar-refractivity contribution in [3.8, 4) is 11.5 Å². The molecule has 0 unspecified atom stereocenters. The van der Waals surface area contributed by atoms with E-state index in [-0.39, 0.29) is 12.5 Å². The molecule has 0 aliphatic heterocycles. The summed E-state index contributed by atoms with van der Waals surface area (Å²) in [5.74, 6) is 0.406. The lowest BCUT2D eigenvalue weighted by Crippen LogP contribution is -2.25. The lowest BCUT2D eigenvalue weighted by molar-refractivity contribution is -0.123. The smallest absolute Gasteiger partial charge is 0.343 e. The molecule has 1 N–H and O–H groups in total. The number of ether oxygens (including phenoxy) is 2. The van der Waals surface area contributed by atoms with Crippen molar-refractivity contribution in [2.24, 2.45) is 5.10 Å². The number of carbonyl (C=O) groups is 2. The molecule has 3 aromatic carbocycles. The molecule has 0 bridgehead atoms. The van der Waals surface area contributed by atoms with Crippen LogP contribution in [0.3, 0.4) is 0 Å². The first-order valence-corrected chi connectivity index (χ1v) is 11.7. The highest BCUT2D eigenvalue weighted by Gasteiger charge is 2.13. The van der Waals surface area contributed by atoms with Crippen LogP contribution in [0.2, 0.25) is 0 Å². The number of esters is 1. The van der Waals surface area contributed by atoms with Crippen molar-refractivity contribution in [3.05, 3.63) is 93.0 Å². The second-order valence-corrected chi connectivity index (χ2v) is 9.13. The summed E-state index contributed by atoms with van der Waals surface area (Å²) in [5, 5.41) is 4.01. The molecule has 0 spiro atoms. The van der Waals surface area contributed by atoms with E-state index in [4.69, 9.17) is 9.47 Å². The van der Waals surface area contributed by atoms with Crippen molar-refractivity contribution >= 4 is 34.0 Å². The number of benzene rings is 3. The van der Waals surface area contributed by atoms with Crippen molar-refractivity contribution < 1.29 is 19.1 Å². The van der Waals surface area contributed by atoms with Gasteiger partial charge in [0.25, 0.3) is 5.91 Å². The summed E-state index contributed by atoms with van der Waals surface area (Å²) in [6, 6.07) is 18.3. The van der Waals surface area contributed by atoms with Gasteiger partial charge in [-0.15, -0.1) is 0 Å². The van der Waals surface area contributed by atoms with E-state index in [1.807, 2.05) is 38.1 Å². The highest BCUT2D eigenvalue weighted by atomic mass is 79.9. The molecule has 7 heteroatoms. The van der Waals surface area contributed by atoms with E-state index in [9.17, 15) is 9.59 Å². The highest BCUT2D eigenvalue weighted by Crippen LogP contribution is 2.27. The van der Waals surface area contributed by atoms with E-state index in [0.29, 0.717) is 22.6 Å². The van der Waals surface area contributed by atoms with Gasteiger partial charge < -0.3 is 9.47 Å². The quantitative estimate of drug-likeness (QED) is 0.172. The average Bonchev–Trinajstić information content (AvgIpc) is 2.79. The maximum Gasteiger partial charge on any atom is 0.343 e. The average molecular weight is 523 g/mol. The fourth-order valence-electron chi connectivity index (χ4n) is 3.24. The third kappa shape index (κ3) is 7.02. The van der Waals surface area contributed by atoms with Gasteiger partial charge in [-0.3, -0.25) is 4.79 Å². The number of hydrazone groups is 1. The largest absolute Gasteiger partial charge is 0.483 e. The first kappa shape index (κ1) is 25.2. The Kier molecular flexibility index (Phi) is 8.60. The number of amides is 1. The number of hydrogen-bond acceptors (Lipinski definition) is 5. The number of halogens is 1. The van der Waals surface area contributed by atoms with Crippen LogP contribution >= 0.6 is 15.9 Å². The minimum Gasteiger partial charge on any atom is -0.483 e. The van der Waals surface area contributed by atoms with Crippen LogP contribution in [-0.4, -0.2) is 24.7 Å². The van der Waals surface area contributed by atoms with Crippen LogP contribution in [0.25, 0.3) is 0 Å². The fourth-order valence-corrected chi connectivity index (χ4v) is 3.62. The second-order valence-electron chi connectivity index (χ2n) is 8.22. The van der Waals surface area contributed by atoms with Gasteiger partial charge in [-0.25, -0.2) is 10.2 Å². The number of nitrogens with one attached hydrogen (secondary N) is 1. The molecule has 176 valence electrons. The van der Waals surface area contributed by atoms with Gasteiger partial charge in [-0.1, -0.05) is 59.6 Å². The highest BCUT2D eigenvalue weighted by molar-refractivity contribution is 9.10. The topological polar surface area (TPSA) is 77.0 Å². The molecule has 3 rings (SSSR count). The molecule has 0 saturated heterocycles. The Balaban J connectivity index is 1.64. The van der Waals surface area contributed by atoms with Crippen LogP contribution in [0, 0.1) is 13.8 Å². The summed E-state index contributed by atoms with van der Waals surface area (Å²) in [6.45, 7) is 7.85. The summed E-state index contributed by atoms with van der Waals surface area (Å²) in [6.07, 6.45) is 1.42. The zero-order valence-corrected chi connectivity index (χ0v) is 21.2. The Morgan fingerprint density at radius 2 is 1.76 bits per heavy atom. The molecule has 34 heavy (non-hydrogen) atoms. The van der Waals surface area contributed by atoms with E-state index in [0.717, 1.165) is 21.2 Å². The Labute approximate surface area is 208 Å². The first-order valence-electron chi connectivity index (χ1n) is 10.9. The maximum atomic E-state index is 12.5. The van der Waals surface area contributed by atoms with Crippen molar-refractivity contribution in [1.82, 2.24) is 5.43 Å². The van der Waals surface area contributed by atoms with E-state index in [1.165, 1.54) is 6.21 Å². The van der Waals surface area contributed by atoms with Gasteiger partial charge in [0, 0.05) is 10.0 Å². The minimum absolute atomic E-state index is 0.172. The molecular formula is C27H27BrN2O4. The minimum atomic E-state index is -0.475. The van der Waals surface area contributed by atoms with Crippen molar-refractivity contribution in [3.63, 3.8) is 0 Å². The normalized spacial score (nSPS) is 11.0. The molecule has 1 amide bonds. The van der Waals surface area contributed by atoms with Crippen LogP contribution in [0.5, 0.6) is 11.5 Å². The van der Waals surface area contributed by atoms with E-state index in [1.54, 1.807) is 36.4 Å². The lowest BCUT2D eigenvalue weighted by atomic mass is 10.0. The number of carbonyl (C=O) groups excluding carboxylic acids is 2. The van der Waals surface area contributed by atoms with Crippen molar-refractivity contribution in [1.29, 1.82) is 0 Å². The van der Waals surface area contributed by atoms with Gasteiger partial charge in [-0.05, 0) is 67.3 Å². The van der Waals surface area contributed by atoms with Crippen LogP contribution in [0.4, 0.5) is 0 Å². The Morgan fingerprint density at radius 1 is 1.00 bits per heavy atom. The predicted octanol–water partition coefficient (Wildman–Crippen LogP) is 5.94. The maximum absolute atomic E-state index is 12.5. The molecular weight excluding hydrogens is 496 g/mol. The van der Waals surface area contributed by atoms with Gasteiger partial charge in [0.1, 0.15) is 11.5 Å². The van der Waals surface area contributed by atoms with E-state index >= 15 is 0 Å². The van der Waals surface area contributed by atoms with Crippen LogP contribution < -0.4 is 14.9 Å². The van der Waals surface area contributed by atoms with Crippen molar-refractivity contribution in [2.75, 3.05) is 6.61 Å². The fraction of sp³-hybridized carbons (Fsp3) is 0.222. The molecule has 0 aromatic heterocycles. The number of rotatable bonds is 8. The third-order valence-electron chi connectivity index (χ3n) is 4.97. The molecule has 0 heterocycles. The second kappa shape index (κ2) is 11.6. The number of aryl methyl sites for hydroxylation is 2. The van der Waals surface area contributed by atoms with Crippen LogP contribution in [0.1, 0.15) is 52.4 Å². The molecule has 0 radical (unpaired) electrons. The zero-order chi connectivity index (χ0) is 24.7. The molecule has 0 aliphatic rings. The van der Waals surface area contributed by atoms with Gasteiger partial charge in [0.05, 0.1) is 11.8 Å². The van der Waals surface area contributed by atoms with Crippen molar-refractivity contribution in [2.45, 2.75) is 33.6 Å². The predicted molar refractivity (Wildman–Crippen MR) is 137 cm³/mol. The number of hydrogen-bond donors (Lipinski definition) is 1. The van der Waals surface area contributed by atoms with Crippen LogP contribution in [0.15, 0.2) is 70.2 Å². The molecule has 0 atom stereocenters. The Hall–Kier alpha value is -3.45. The summed E-state index contributed by atoms with van der Waals surface area (Å²) in [5.41, 5.74) is 6.49. The summed E-state index contributed by atoms with van der Waals surface area (Å²) >= 11 is 3.40. The van der Waals surface area contributed by atoms with E-state index < -0.39 is 11.9 Å². The molecule has 3 aromatic rings. The summed E-state index contributed by atoms with van der Waals surface area (Å²) in [7, 11) is 0. The molecule has 6 nitrogen and oxygen atoms in total. The standard InChI is InChI=1S/C27H27BrN2O4/c1-17(2)23-10-8-19(4)13-25(23)33-16-26(31)30-29-15-21-14-22(28)9-11-24(21)34-27(32)20-7-5-6-18(3)12-20/h5-15,17H,16H2,1-4H3,(H,30,31)/b29-15-. The SMILES string of the molecule is Cc1cccc(C(=O)Oc2ccc(Br)cc2/C=N\NC(=O)COc2cc(C)ccc2C(C)C)c1. The molecule has 0 aliphatic carbocycles. The van der Waals surface area contributed by atoms with Gasteiger partial charge >= 0.3 is 5.97 Å². The monoisotopic (exact) mass is 522 g/mol. The van der Waals surface area contributed by atoms with Gasteiger partial charge in [0.2, 0.25) is 0 Å². The molecule has 0 fully saturated rings. The third-order valence-corrected chi connectivity index (χ3v) is 5.46. The lowest BCUT2D eigenvalue weighted by Gasteiger charge is -2.14. The first-order chi connectivity index (χ1) is 16.2. The van der Waals surface area contributed by atoms with Gasteiger partial charge in [-0.2, -0.15) is 5.10 Å². The Bertz CT molecular complexity index is 1220. The summed E-state index contributed by atoms with van der Waals surface area (Å²) < 4.78 is 12.1. The van der Waals surface area contributed by atoms with Crippen LogP contribution in [-0.2, 0) is 4.79 Å². The zero-order valence-electron chi connectivity index (χ0n) is 19.6.